The molecule has 1 aliphatic carbocycles. The van der Waals surface area contributed by atoms with Crippen LogP contribution in [0.4, 0.5) is 0 Å². The molecule has 0 N–H and O–H groups in total. The topological polar surface area (TPSA) is 0 Å². The molecule has 1 aliphatic rings. The number of fused-ring (bicyclic) bond motifs is 5. The molecule has 0 saturated carbocycles. The third-order valence-electron chi connectivity index (χ3n) is 15.3. The van der Waals surface area contributed by atoms with Gasteiger partial charge in [0.25, 0.3) is 0 Å². The first-order valence-corrected chi connectivity index (χ1v) is 28.3. The van der Waals surface area contributed by atoms with Crippen LogP contribution in [0.1, 0.15) is 120 Å². The smallest absolute Gasteiger partial charge is 0.0152 e. The van der Waals surface area contributed by atoms with Crippen LogP contribution in [-0.4, -0.2) is 0 Å². The zero-order valence-corrected chi connectivity index (χ0v) is 50.3. The molecule has 1 unspecified atom stereocenters. The van der Waals surface area contributed by atoms with Crippen molar-refractivity contribution in [2.75, 3.05) is 0 Å². The Morgan fingerprint density at radius 1 is 0.256 bits per heavy atom. The van der Waals surface area contributed by atoms with Gasteiger partial charge in [0.2, 0.25) is 0 Å². The maximum atomic E-state index is 2.37. The zero-order valence-electron chi connectivity index (χ0n) is 50.3. The van der Waals surface area contributed by atoms with Gasteiger partial charge in [-0.05, 0) is 228 Å². The lowest BCUT2D eigenvalue weighted by molar-refractivity contribution is 0.585. The molecule has 400 valence electrons. The van der Waals surface area contributed by atoms with Crippen LogP contribution < -0.4 is 0 Å². The van der Waals surface area contributed by atoms with E-state index in [0.29, 0.717) is 0 Å². The second kappa shape index (κ2) is 28.7. The lowest BCUT2D eigenvalue weighted by atomic mass is 9.80. The number of aryl methyl sites for hydroxylation is 15. The fraction of sp³-hybridized carbons (Fsp3) is 0.256. The average molecular weight is 1030 g/mol. The molecule has 0 spiro atoms. The van der Waals surface area contributed by atoms with Crippen LogP contribution in [-0.2, 0) is 6.42 Å². The fourth-order valence-electron chi connectivity index (χ4n) is 10.4. The average Bonchev–Trinajstić information content (AvgIpc) is 3.42. The van der Waals surface area contributed by atoms with Gasteiger partial charge < -0.3 is 0 Å². The third kappa shape index (κ3) is 17.2. The number of hydrogen-bond acceptors (Lipinski definition) is 0. The summed E-state index contributed by atoms with van der Waals surface area (Å²) in [5, 5.41) is 10.8. The van der Waals surface area contributed by atoms with Crippen molar-refractivity contribution in [3.63, 3.8) is 0 Å². The molecule has 0 nitrogen and oxygen atoms in total. The lowest BCUT2D eigenvalue weighted by Gasteiger charge is -2.25. The van der Waals surface area contributed by atoms with Crippen molar-refractivity contribution in [3.05, 3.63) is 295 Å². The van der Waals surface area contributed by atoms with Crippen molar-refractivity contribution in [3.8, 4) is 0 Å². The molecule has 0 saturated heterocycles. The minimum absolute atomic E-state index is 0.781. The van der Waals surface area contributed by atoms with Gasteiger partial charge in [0.15, 0.2) is 0 Å². The van der Waals surface area contributed by atoms with Gasteiger partial charge in [-0.1, -0.05) is 246 Å². The highest BCUT2D eigenvalue weighted by Crippen LogP contribution is 2.35. The quantitative estimate of drug-likeness (QED) is 0.142. The Morgan fingerprint density at radius 2 is 0.590 bits per heavy atom. The summed E-state index contributed by atoms with van der Waals surface area (Å²) < 4.78 is 0. The van der Waals surface area contributed by atoms with E-state index in [-0.39, 0.29) is 0 Å². The Bertz CT molecular complexity index is 3500. The molecule has 0 heteroatoms. The van der Waals surface area contributed by atoms with Crippen LogP contribution >= 0.6 is 0 Å². The number of hydrogen-bond donors (Lipinski definition) is 0. The molecule has 11 aromatic carbocycles. The standard InChI is InChI=1S/C13H18.4C12H12.C9H12.C8H10/c1-9-7-8-11(3)13-10(2)5-4-6-12(9)13;1-9-3-5-12-8-10(2)4-6-11(12)7-9;1-9-3-5-11-6-4-10(2)8-12(11)7-9;1-9-5-3-8-12-10(2)6-4-7-11(9)12;1-9-7-8-10(2)12-6-4-3-5-11(9)12;1-7-4-5-8(2)9(3)6-7;1-7-3-5-8(2)6-4-7/h7-8,10H,4-6H2,1-3H3;4*3-8H,1-2H3;4-6H,1-3H3;3-6H,1-2H3. The minimum Gasteiger partial charge on any atom is -0.0616 e. The van der Waals surface area contributed by atoms with Crippen molar-refractivity contribution in [1.29, 1.82) is 0 Å². The summed E-state index contributed by atoms with van der Waals surface area (Å²) in [5.74, 6) is 0.781. The number of rotatable bonds is 0. The van der Waals surface area contributed by atoms with Gasteiger partial charge in [-0.2, -0.15) is 0 Å². The van der Waals surface area contributed by atoms with Crippen LogP contribution in [0.5, 0.6) is 0 Å². The summed E-state index contributed by atoms with van der Waals surface area (Å²) in [6, 6.07) is 71.5. The van der Waals surface area contributed by atoms with Crippen LogP contribution in [0.25, 0.3) is 43.1 Å². The molecular weight excluding hydrogens is 937 g/mol. The zero-order chi connectivity index (χ0) is 56.5. The summed E-state index contributed by atoms with van der Waals surface area (Å²) >= 11 is 0. The molecule has 0 aliphatic heterocycles. The predicted molar refractivity (Wildman–Crippen MR) is 348 cm³/mol. The molecule has 0 radical (unpaired) electrons. The van der Waals surface area contributed by atoms with Crippen molar-refractivity contribution in [2.45, 2.75) is 136 Å². The largest absolute Gasteiger partial charge is 0.0616 e. The Kier molecular flexibility index (Phi) is 22.0. The van der Waals surface area contributed by atoms with E-state index in [0.717, 1.165) is 5.92 Å². The van der Waals surface area contributed by atoms with Crippen molar-refractivity contribution in [2.24, 2.45) is 0 Å². The Hall–Kier alpha value is -7.54. The SMILES string of the molecule is Cc1ccc(C)c(C)c1.Cc1ccc(C)c2c1CCCC2C.Cc1ccc(C)c2ccccc12.Cc1ccc(C)cc1.Cc1ccc2cc(C)ccc2c1.Cc1ccc2ccc(C)cc2c1.Cc1cccc2c(C)cccc12. The molecule has 0 heterocycles. The van der Waals surface area contributed by atoms with E-state index in [9.17, 15) is 0 Å². The van der Waals surface area contributed by atoms with Crippen molar-refractivity contribution >= 4 is 43.1 Å². The van der Waals surface area contributed by atoms with Gasteiger partial charge in [0.1, 0.15) is 0 Å². The molecule has 0 fully saturated rings. The molecule has 0 bridgehead atoms. The Balaban J connectivity index is 0.000000148. The molecule has 12 rings (SSSR count). The highest BCUT2D eigenvalue weighted by molar-refractivity contribution is 5.89. The molecule has 78 heavy (non-hydrogen) atoms. The third-order valence-corrected chi connectivity index (χ3v) is 15.3. The Morgan fingerprint density at radius 3 is 1.01 bits per heavy atom. The summed E-state index contributed by atoms with van der Waals surface area (Å²) in [6.07, 6.45) is 4.04. The van der Waals surface area contributed by atoms with Gasteiger partial charge in [-0.3, -0.25) is 0 Å². The van der Waals surface area contributed by atoms with Gasteiger partial charge >= 0.3 is 0 Å². The number of benzene rings is 11. The van der Waals surface area contributed by atoms with Crippen LogP contribution in [0.15, 0.2) is 200 Å². The Labute approximate surface area is 471 Å². The maximum Gasteiger partial charge on any atom is -0.0152 e. The van der Waals surface area contributed by atoms with Crippen molar-refractivity contribution < 1.29 is 0 Å². The molecule has 11 aromatic rings. The highest BCUT2D eigenvalue weighted by Gasteiger charge is 2.19. The summed E-state index contributed by atoms with van der Waals surface area (Å²) in [4.78, 5) is 0. The van der Waals surface area contributed by atoms with E-state index in [1.807, 2.05) is 0 Å². The highest BCUT2D eigenvalue weighted by atomic mass is 14.2. The fourth-order valence-corrected chi connectivity index (χ4v) is 10.4. The van der Waals surface area contributed by atoms with E-state index in [2.05, 4.69) is 311 Å². The van der Waals surface area contributed by atoms with E-state index < -0.39 is 0 Å². The first-order chi connectivity index (χ1) is 37.3. The van der Waals surface area contributed by atoms with Gasteiger partial charge in [-0.15, -0.1) is 0 Å². The first kappa shape index (κ1) is 59.7. The summed E-state index contributed by atoms with van der Waals surface area (Å²) in [5.41, 5.74) is 23.8. The van der Waals surface area contributed by atoms with Gasteiger partial charge in [0.05, 0.1) is 0 Å². The monoisotopic (exact) mass is 1020 g/mol. The maximum absolute atomic E-state index is 2.37. The molecule has 0 amide bonds. The van der Waals surface area contributed by atoms with Crippen LogP contribution in [0.2, 0.25) is 0 Å². The van der Waals surface area contributed by atoms with E-state index in [1.54, 1.807) is 11.1 Å². The molecule has 1 atom stereocenters. The first-order valence-electron chi connectivity index (χ1n) is 28.3. The van der Waals surface area contributed by atoms with E-state index in [1.165, 1.54) is 146 Å². The normalized spacial score (nSPS) is 12.1. The second-order valence-electron chi connectivity index (χ2n) is 22.3. The summed E-state index contributed by atoms with van der Waals surface area (Å²) in [7, 11) is 0. The molecule has 0 aromatic heterocycles. The lowest BCUT2D eigenvalue weighted by Crippen LogP contribution is -2.10. The van der Waals surface area contributed by atoms with Crippen LogP contribution in [0, 0.1) is 104 Å². The van der Waals surface area contributed by atoms with E-state index >= 15 is 0 Å². The van der Waals surface area contributed by atoms with E-state index in [4.69, 9.17) is 0 Å². The second-order valence-corrected chi connectivity index (χ2v) is 22.3. The van der Waals surface area contributed by atoms with Gasteiger partial charge in [-0.25, -0.2) is 0 Å². The summed E-state index contributed by atoms with van der Waals surface area (Å²) in [6.45, 7) is 34.6. The van der Waals surface area contributed by atoms with Crippen molar-refractivity contribution in [1.82, 2.24) is 0 Å². The van der Waals surface area contributed by atoms with Crippen LogP contribution in [0.3, 0.4) is 0 Å². The minimum atomic E-state index is 0.781. The van der Waals surface area contributed by atoms with Gasteiger partial charge in [0, 0.05) is 0 Å². The predicted octanol–water partition coefficient (Wildman–Crippen LogP) is 22.5. The molecular formula is C78H88.